The highest BCUT2D eigenvalue weighted by molar-refractivity contribution is 5.38. The standard InChI is InChI=1S/C14H18N2O/c1-10-3-7-13(8-4-10)17-14-12(9-15)6-5-11(2)16-14/h5-6,10,13H,3-4,7-8H2,1-2H3. The third kappa shape index (κ3) is 2.97. The lowest BCUT2D eigenvalue weighted by molar-refractivity contribution is 0.129. The minimum atomic E-state index is 0.229. The Morgan fingerprint density at radius 1 is 1.29 bits per heavy atom. The molecule has 1 aliphatic carbocycles. The molecule has 1 fully saturated rings. The lowest BCUT2D eigenvalue weighted by Gasteiger charge is -2.26. The first-order valence-corrected chi connectivity index (χ1v) is 6.23. The molecule has 0 atom stereocenters. The van der Waals surface area contributed by atoms with Crippen LogP contribution in [0.25, 0.3) is 0 Å². The van der Waals surface area contributed by atoms with Crippen LogP contribution in [0.2, 0.25) is 0 Å². The Labute approximate surface area is 102 Å². The zero-order valence-corrected chi connectivity index (χ0v) is 10.4. The van der Waals surface area contributed by atoms with E-state index in [-0.39, 0.29) is 6.10 Å². The van der Waals surface area contributed by atoms with Gasteiger partial charge in [-0.2, -0.15) is 5.26 Å². The van der Waals surface area contributed by atoms with Gasteiger partial charge in [0.2, 0.25) is 5.88 Å². The number of ether oxygens (including phenoxy) is 1. The predicted molar refractivity (Wildman–Crippen MR) is 65.7 cm³/mol. The van der Waals surface area contributed by atoms with Crippen molar-refractivity contribution >= 4 is 0 Å². The van der Waals surface area contributed by atoms with Crippen LogP contribution in [0.3, 0.4) is 0 Å². The molecule has 3 heteroatoms. The molecule has 0 aliphatic heterocycles. The van der Waals surface area contributed by atoms with Crippen molar-refractivity contribution in [1.82, 2.24) is 4.98 Å². The second-order valence-electron chi connectivity index (χ2n) is 4.92. The third-order valence-corrected chi connectivity index (χ3v) is 3.36. The minimum Gasteiger partial charge on any atom is -0.473 e. The molecule has 1 aromatic heterocycles. The van der Waals surface area contributed by atoms with Crippen LogP contribution >= 0.6 is 0 Å². The Morgan fingerprint density at radius 2 is 2.00 bits per heavy atom. The van der Waals surface area contributed by atoms with Crippen LogP contribution in [0.1, 0.15) is 43.9 Å². The van der Waals surface area contributed by atoms with E-state index in [1.807, 2.05) is 13.0 Å². The average molecular weight is 230 g/mol. The van der Waals surface area contributed by atoms with Gasteiger partial charge in [0.15, 0.2) is 0 Å². The van der Waals surface area contributed by atoms with E-state index in [2.05, 4.69) is 18.0 Å². The second kappa shape index (κ2) is 5.18. The van der Waals surface area contributed by atoms with E-state index >= 15 is 0 Å². The van der Waals surface area contributed by atoms with Crippen LogP contribution in [-0.2, 0) is 0 Å². The smallest absolute Gasteiger partial charge is 0.232 e. The Balaban J connectivity index is 2.08. The zero-order chi connectivity index (χ0) is 12.3. The van der Waals surface area contributed by atoms with Crippen molar-refractivity contribution in [3.8, 4) is 11.9 Å². The topological polar surface area (TPSA) is 45.9 Å². The lowest BCUT2D eigenvalue weighted by Crippen LogP contribution is -2.23. The third-order valence-electron chi connectivity index (χ3n) is 3.36. The summed E-state index contributed by atoms with van der Waals surface area (Å²) in [6, 6.07) is 5.76. The van der Waals surface area contributed by atoms with Crippen molar-refractivity contribution in [2.75, 3.05) is 0 Å². The molecule has 0 spiro atoms. The second-order valence-corrected chi connectivity index (χ2v) is 4.92. The number of nitriles is 1. The maximum absolute atomic E-state index is 9.01. The molecule has 1 saturated carbocycles. The highest BCUT2D eigenvalue weighted by atomic mass is 16.5. The first kappa shape index (κ1) is 11.9. The van der Waals surface area contributed by atoms with Crippen molar-refractivity contribution in [1.29, 1.82) is 5.26 Å². The molecule has 1 heterocycles. The van der Waals surface area contributed by atoms with Crippen molar-refractivity contribution in [2.45, 2.75) is 45.6 Å². The molecule has 0 unspecified atom stereocenters. The summed E-state index contributed by atoms with van der Waals surface area (Å²) in [5.74, 6) is 1.31. The van der Waals surface area contributed by atoms with Gasteiger partial charge in [0.25, 0.3) is 0 Å². The fourth-order valence-corrected chi connectivity index (χ4v) is 2.21. The van der Waals surface area contributed by atoms with Gasteiger partial charge in [-0.15, -0.1) is 0 Å². The Kier molecular flexibility index (Phi) is 3.63. The molecule has 90 valence electrons. The highest BCUT2D eigenvalue weighted by Gasteiger charge is 2.21. The summed E-state index contributed by atoms with van der Waals surface area (Å²) in [5, 5.41) is 9.01. The first-order valence-electron chi connectivity index (χ1n) is 6.23. The van der Waals surface area contributed by atoms with Gasteiger partial charge in [0, 0.05) is 5.69 Å². The van der Waals surface area contributed by atoms with Crippen LogP contribution in [0.4, 0.5) is 0 Å². The van der Waals surface area contributed by atoms with Gasteiger partial charge < -0.3 is 4.74 Å². The van der Waals surface area contributed by atoms with E-state index in [0.29, 0.717) is 11.4 Å². The Hall–Kier alpha value is -1.56. The Morgan fingerprint density at radius 3 is 2.65 bits per heavy atom. The average Bonchev–Trinajstić information content (AvgIpc) is 2.32. The number of nitrogens with zero attached hydrogens (tertiary/aromatic N) is 2. The quantitative estimate of drug-likeness (QED) is 0.783. The lowest BCUT2D eigenvalue weighted by atomic mass is 9.89. The van der Waals surface area contributed by atoms with Gasteiger partial charge in [0.1, 0.15) is 17.7 Å². The molecule has 0 amide bonds. The number of aromatic nitrogens is 1. The van der Waals surface area contributed by atoms with E-state index < -0.39 is 0 Å². The van der Waals surface area contributed by atoms with Crippen LogP contribution in [0.15, 0.2) is 12.1 Å². The molecule has 0 radical (unpaired) electrons. The fraction of sp³-hybridized carbons (Fsp3) is 0.571. The summed E-state index contributed by atoms with van der Waals surface area (Å²) in [6.45, 7) is 4.19. The van der Waals surface area contributed by atoms with E-state index in [1.165, 1.54) is 12.8 Å². The fourth-order valence-electron chi connectivity index (χ4n) is 2.21. The molecule has 2 rings (SSSR count). The molecule has 0 saturated heterocycles. The molecular formula is C14H18N2O. The van der Waals surface area contributed by atoms with Crippen LogP contribution in [0, 0.1) is 24.2 Å². The first-order chi connectivity index (χ1) is 8.19. The molecule has 1 aromatic rings. The van der Waals surface area contributed by atoms with Gasteiger partial charge in [-0.05, 0) is 50.7 Å². The normalized spacial score (nSPS) is 24.1. The SMILES string of the molecule is Cc1ccc(C#N)c(OC2CCC(C)CC2)n1. The molecule has 0 aromatic carbocycles. The summed E-state index contributed by atoms with van der Waals surface area (Å²) in [7, 11) is 0. The summed E-state index contributed by atoms with van der Waals surface area (Å²) >= 11 is 0. The van der Waals surface area contributed by atoms with Crippen molar-refractivity contribution in [3.63, 3.8) is 0 Å². The van der Waals surface area contributed by atoms with Gasteiger partial charge in [0.05, 0.1) is 0 Å². The van der Waals surface area contributed by atoms with Gasteiger partial charge >= 0.3 is 0 Å². The van der Waals surface area contributed by atoms with Crippen molar-refractivity contribution < 1.29 is 4.74 Å². The molecular weight excluding hydrogens is 212 g/mol. The summed E-state index contributed by atoms with van der Waals surface area (Å²) < 4.78 is 5.87. The predicted octanol–water partition coefficient (Wildman–Crippen LogP) is 3.22. The number of pyridine rings is 1. The Bertz CT molecular complexity index is 428. The molecule has 3 nitrogen and oxygen atoms in total. The summed E-state index contributed by atoms with van der Waals surface area (Å²) in [4.78, 5) is 4.31. The van der Waals surface area contributed by atoms with E-state index in [0.717, 1.165) is 24.5 Å². The maximum atomic E-state index is 9.01. The molecule has 0 N–H and O–H groups in total. The van der Waals surface area contributed by atoms with Crippen LogP contribution in [0.5, 0.6) is 5.88 Å². The van der Waals surface area contributed by atoms with E-state index in [1.54, 1.807) is 6.07 Å². The monoisotopic (exact) mass is 230 g/mol. The van der Waals surface area contributed by atoms with Crippen LogP contribution in [-0.4, -0.2) is 11.1 Å². The largest absolute Gasteiger partial charge is 0.473 e. The number of aryl methyl sites for hydroxylation is 1. The van der Waals surface area contributed by atoms with Crippen LogP contribution < -0.4 is 4.74 Å². The molecule has 17 heavy (non-hydrogen) atoms. The minimum absolute atomic E-state index is 0.229. The van der Waals surface area contributed by atoms with Crippen molar-refractivity contribution in [2.24, 2.45) is 5.92 Å². The number of hydrogen-bond acceptors (Lipinski definition) is 3. The van der Waals surface area contributed by atoms with E-state index in [4.69, 9.17) is 10.00 Å². The van der Waals surface area contributed by atoms with Crippen molar-refractivity contribution in [3.05, 3.63) is 23.4 Å². The molecule has 0 bridgehead atoms. The zero-order valence-electron chi connectivity index (χ0n) is 10.4. The van der Waals surface area contributed by atoms with E-state index in [9.17, 15) is 0 Å². The highest BCUT2D eigenvalue weighted by Crippen LogP contribution is 2.27. The van der Waals surface area contributed by atoms with Gasteiger partial charge in [-0.3, -0.25) is 0 Å². The maximum Gasteiger partial charge on any atom is 0.232 e. The number of rotatable bonds is 2. The molecule has 1 aliphatic rings. The van der Waals surface area contributed by atoms with Gasteiger partial charge in [-0.25, -0.2) is 4.98 Å². The summed E-state index contributed by atoms with van der Waals surface area (Å²) in [6.07, 6.45) is 4.78. The van der Waals surface area contributed by atoms with Gasteiger partial charge in [-0.1, -0.05) is 6.92 Å². The summed E-state index contributed by atoms with van der Waals surface area (Å²) in [5.41, 5.74) is 1.43. The number of hydrogen-bond donors (Lipinski definition) is 0.